The first-order valence-corrected chi connectivity index (χ1v) is 6.05. The smallest absolute Gasteiger partial charge is 0.260 e. The SMILES string of the molecule is Cc1ccc(NC(=O)c2ccoc2Br)c(Cl)c1. The van der Waals surface area contributed by atoms with Gasteiger partial charge in [-0.3, -0.25) is 4.79 Å². The number of furan rings is 1. The van der Waals surface area contributed by atoms with Crippen LogP contribution in [0.2, 0.25) is 5.02 Å². The standard InChI is InChI=1S/C12H9BrClNO2/c1-7-2-3-10(9(14)6-7)15-12(16)8-4-5-17-11(8)13/h2-6H,1H3,(H,15,16). The van der Waals surface area contributed by atoms with Gasteiger partial charge < -0.3 is 9.73 Å². The number of carbonyl (C=O) groups is 1. The maximum Gasteiger partial charge on any atom is 0.260 e. The van der Waals surface area contributed by atoms with Crippen LogP contribution in [-0.2, 0) is 0 Å². The molecule has 0 saturated heterocycles. The predicted molar refractivity (Wildman–Crippen MR) is 70.6 cm³/mol. The number of amides is 1. The lowest BCUT2D eigenvalue weighted by molar-refractivity contribution is 0.102. The van der Waals surface area contributed by atoms with Crippen LogP contribution >= 0.6 is 27.5 Å². The maximum atomic E-state index is 11.9. The Hall–Kier alpha value is -1.26. The quantitative estimate of drug-likeness (QED) is 0.900. The van der Waals surface area contributed by atoms with Gasteiger partial charge in [0.15, 0.2) is 4.67 Å². The van der Waals surface area contributed by atoms with Crippen molar-refractivity contribution in [1.29, 1.82) is 0 Å². The second kappa shape index (κ2) is 4.94. The molecule has 2 rings (SSSR count). The van der Waals surface area contributed by atoms with Crippen molar-refractivity contribution in [3.63, 3.8) is 0 Å². The molecule has 2 aromatic rings. The van der Waals surface area contributed by atoms with Crippen molar-refractivity contribution in [3.8, 4) is 0 Å². The summed E-state index contributed by atoms with van der Waals surface area (Å²) in [5.74, 6) is -0.267. The Morgan fingerprint density at radius 1 is 1.41 bits per heavy atom. The van der Waals surface area contributed by atoms with Gasteiger partial charge in [0, 0.05) is 0 Å². The van der Waals surface area contributed by atoms with Crippen LogP contribution in [0.1, 0.15) is 15.9 Å². The molecule has 1 aromatic carbocycles. The molecule has 0 unspecified atom stereocenters. The first kappa shape index (κ1) is 12.2. The Morgan fingerprint density at radius 3 is 2.76 bits per heavy atom. The zero-order valence-corrected chi connectivity index (χ0v) is 11.3. The highest BCUT2D eigenvalue weighted by atomic mass is 79.9. The van der Waals surface area contributed by atoms with Gasteiger partial charge in [0.25, 0.3) is 5.91 Å². The zero-order valence-electron chi connectivity index (χ0n) is 8.96. The fourth-order valence-corrected chi connectivity index (χ4v) is 2.07. The highest BCUT2D eigenvalue weighted by Crippen LogP contribution is 2.25. The molecule has 0 aliphatic rings. The molecule has 1 aromatic heterocycles. The number of aryl methyl sites for hydroxylation is 1. The number of rotatable bonds is 2. The van der Waals surface area contributed by atoms with Gasteiger partial charge in [0.05, 0.1) is 22.5 Å². The van der Waals surface area contributed by atoms with Crippen LogP contribution in [0.5, 0.6) is 0 Å². The lowest BCUT2D eigenvalue weighted by Crippen LogP contribution is -2.11. The highest BCUT2D eigenvalue weighted by molar-refractivity contribution is 9.10. The van der Waals surface area contributed by atoms with Crippen molar-refractivity contribution in [2.75, 3.05) is 5.32 Å². The van der Waals surface area contributed by atoms with Crippen molar-refractivity contribution in [2.24, 2.45) is 0 Å². The minimum Gasteiger partial charge on any atom is -0.457 e. The largest absolute Gasteiger partial charge is 0.457 e. The molecule has 17 heavy (non-hydrogen) atoms. The van der Waals surface area contributed by atoms with Crippen LogP contribution < -0.4 is 5.32 Å². The second-order valence-electron chi connectivity index (χ2n) is 3.55. The minimum atomic E-state index is -0.267. The summed E-state index contributed by atoms with van der Waals surface area (Å²) in [6, 6.07) is 7.03. The van der Waals surface area contributed by atoms with Gasteiger partial charge in [-0.15, -0.1) is 0 Å². The van der Waals surface area contributed by atoms with Gasteiger partial charge in [0.2, 0.25) is 0 Å². The lowest BCUT2D eigenvalue weighted by atomic mass is 10.2. The fraction of sp³-hybridized carbons (Fsp3) is 0.0833. The van der Waals surface area contributed by atoms with Crippen LogP contribution in [-0.4, -0.2) is 5.91 Å². The third kappa shape index (κ3) is 2.70. The third-order valence-electron chi connectivity index (χ3n) is 2.24. The molecule has 5 heteroatoms. The summed E-state index contributed by atoms with van der Waals surface area (Å²) in [5, 5.41) is 3.23. The molecule has 0 atom stereocenters. The average molecular weight is 315 g/mol. The molecule has 3 nitrogen and oxygen atoms in total. The van der Waals surface area contributed by atoms with E-state index in [1.165, 1.54) is 6.26 Å². The molecule has 1 amide bonds. The Kier molecular flexibility index (Phi) is 3.54. The van der Waals surface area contributed by atoms with E-state index >= 15 is 0 Å². The summed E-state index contributed by atoms with van der Waals surface area (Å²) in [7, 11) is 0. The van der Waals surface area contributed by atoms with Crippen molar-refractivity contribution in [3.05, 3.63) is 51.3 Å². The van der Waals surface area contributed by atoms with Crippen molar-refractivity contribution in [1.82, 2.24) is 0 Å². The molecule has 0 radical (unpaired) electrons. The Labute approximate surface area is 112 Å². The van der Waals surface area contributed by atoms with Gasteiger partial charge in [-0.1, -0.05) is 17.7 Å². The van der Waals surface area contributed by atoms with E-state index in [2.05, 4.69) is 21.2 Å². The van der Waals surface area contributed by atoms with Gasteiger partial charge in [-0.25, -0.2) is 0 Å². The fourth-order valence-electron chi connectivity index (χ4n) is 1.37. The maximum absolute atomic E-state index is 11.9. The molecule has 0 aliphatic carbocycles. The predicted octanol–water partition coefficient (Wildman–Crippen LogP) is 4.26. The molecule has 0 saturated carbocycles. The second-order valence-corrected chi connectivity index (χ2v) is 4.67. The van der Waals surface area contributed by atoms with Gasteiger partial charge in [-0.05, 0) is 46.6 Å². The van der Waals surface area contributed by atoms with E-state index < -0.39 is 0 Å². The lowest BCUT2D eigenvalue weighted by Gasteiger charge is -2.06. The van der Waals surface area contributed by atoms with E-state index in [0.717, 1.165) is 5.56 Å². The van der Waals surface area contributed by atoms with Crippen LogP contribution in [0.4, 0.5) is 5.69 Å². The molecule has 0 spiro atoms. The van der Waals surface area contributed by atoms with Gasteiger partial charge in [0.1, 0.15) is 0 Å². The van der Waals surface area contributed by atoms with E-state index in [0.29, 0.717) is 20.9 Å². The first-order chi connectivity index (χ1) is 8.08. The van der Waals surface area contributed by atoms with Crippen molar-refractivity contribution < 1.29 is 9.21 Å². The number of anilines is 1. The molecular formula is C12H9BrClNO2. The molecule has 1 heterocycles. The topological polar surface area (TPSA) is 42.2 Å². The zero-order chi connectivity index (χ0) is 12.4. The number of halogens is 2. The van der Waals surface area contributed by atoms with E-state index in [-0.39, 0.29) is 5.91 Å². The first-order valence-electron chi connectivity index (χ1n) is 4.88. The van der Waals surface area contributed by atoms with E-state index in [4.69, 9.17) is 16.0 Å². The Balaban J connectivity index is 2.22. The summed E-state index contributed by atoms with van der Waals surface area (Å²) in [4.78, 5) is 11.9. The summed E-state index contributed by atoms with van der Waals surface area (Å²) < 4.78 is 5.40. The van der Waals surface area contributed by atoms with Crippen molar-refractivity contribution in [2.45, 2.75) is 6.92 Å². The normalized spacial score (nSPS) is 10.3. The third-order valence-corrected chi connectivity index (χ3v) is 3.16. The molecular weight excluding hydrogens is 305 g/mol. The van der Waals surface area contributed by atoms with E-state index in [1.54, 1.807) is 18.2 Å². The summed E-state index contributed by atoms with van der Waals surface area (Å²) in [6.45, 7) is 1.93. The van der Waals surface area contributed by atoms with Crippen LogP contribution in [0, 0.1) is 6.92 Å². The molecule has 0 bridgehead atoms. The average Bonchev–Trinajstić information content (AvgIpc) is 2.68. The van der Waals surface area contributed by atoms with Gasteiger partial charge >= 0.3 is 0 Å². The molecule has 88 valence electrons. The van der Waals surface area contributed by atoms with E-state index in [1.807, 2.05) is 13.0 Å². The molecule has 1 N–H and O–H groups in total. The molecule has 0 fully saturated rings. The number of carbonyl (C=O) groups excluding carboxylic acids is 1. The Morgan fingerprint density at radius 2 is 2.18 bits per heavy atom. The highest BCUT2D eigenvalue weighted by Gasteiger charge is 2.13. The monoisotopic (exact) mass is 313 g/mol. The Bertz CT molecular complexity index is 565. The van der Waals surface area contributed by atoms with Crippen LogP contribution in [0.3, 0.4) is 0 Å². The number of benzene rings is 1. The summed E-state index contributed by atoms with van der Waals surface area (Å²) in [5.41, 5.74) is 2.05. The van der Waals surface area contributed by atoms with Gasteiger partial charge in [-0.2, -0.15) is 0 Å². The summed E-state index contributed by atoms with van der Waals surface area (Å²) in [6.07, 6.45) is 1.44. The number of hydrogen-bond donors (Lipinski definition) is 1. The number of nitrogens with one attached hydrogen (secondary N) is 1. The summed E-state index contributed by atoms with van der Waals surface area (Å²) >= 11 is 9.17. The van der Waals surface area contributed by atoms with Crippen molar-refractivity contribution >= 4 is 39.1 Å². The van der Waals surface area contributed by atoms with E-state index in [9.17, 15) is 4.79 Å². The molecule has 0 aliphatic heterocycles. The van der Waals surface area contributed by atoms with Crippen LogP contribution in [0.25, 0.3) is 0 Å². The number of hydrogen-bond acceptors (Lipinski definition) is 2. The minimum absolute atomic E-state index is 0.267. The van der Waals surface area contributed by atoms with Crippen LogP contribution in [0.15, 0.2) is 39.6 Å².